The Bertz CT molecular complexity index is 513. The van der Waals surface area contributed by atoms with E-state index in [0.29, 0.717) is 10.9 Å². The van der Waals surface area contributed by atoms with Crippen molar-refractivity contribution in [3.05, 3.63) is 16.9 Å². The Kier molecular flexibility index (Phi) is 3.76. The summed E-state index contributed by atoms with van der Waals surface area (Å²) in [7, 11) is 0. The van der Waals surface area contributed by atoms with Crippen molar-refractivity contribution in [3.63, 3.8) is 0 Å². The van der Waals surface area contributed by atoms with Gasteiger partial charge in [0.05, 0.1) is 16.9 Å². The molecule has 2 saturated carbocycles. The summed E-state index contributed by atoms with van der Waals surface area (Å²) in [6, 6.07) is 0.268. The van der Waals surface area contributed by atoms with E-state index in [9.17, 15) is 4.79 Å². The maximum Gasteiger partial charge on any atom is 0.241 e. The smallest absolute Gasteiger partial charge is 0.241 e. The molecule has 2 aliphatic rings. The second-order valence-corrected chi connectivity index (χ2v) is 6.84. The maximum absolute atomic E-state index is 12.1. The quantitative estimate of drug-likeness (QED) is 0.928. The van der Waals surface area contributed by atoms with Crippen LogP contribution in [0.5, 0.6) is 0 Å². The Morgan fingerprint density at radius 1 is 1.55 bits per heavy atom. The van der Waals surface area contributed by atoms with Crippen LogP contribution in [0.1, 0.15) is 38.3 Å². The first-order chi connectivity index (χ1) is 9.54. The minimum absolute atomic E-state index is 0.0307. The zero-order chi connectivity index (χ0) is 14.3. The first-order valence-electron chi connectivity index (χ1n) is 7.52. The van der Waals surface area contributed by atoms with Gasteiger partial charge in [0, 0.05) is 6.04 Å². The maximum atomic E-state index is 12.1. The number of hydrogen-bond acceptors (Lipinski definition) is 2. The monoisotopic (exact) mass is 295 g/mol. The first kappa shape index (κ1) is 13.9. The lowest BCUT2D eigenvalue weighted by Crippen LogP contribution is -2.41. The van der Waals surface area contributed by atoms with Crippen LogP contribution in [0.25, 0.3) is 0 Å². The molecule has 2 fully saturated rings. The van der Waals surface area contributed by atoms with E-state index >= 15 is 0 Å². The summed E-state index contributed by atoms with van der Waals surface area (Å²) in [4.78, 5) is 12.1. The van der Waals surface area contributed by atoms with Gasteiger partial charge in [-0.2, -0.15) is 5.10 Å². The molecule has 110 valence electrons. The average Bonchev–Trinajstić information content (AvgIpc) is 3.10. The Labute approximate surface area is 124 Å². The Hall–Kier alpha value is -1.03. The van der Waals surface area contributed by atoms with Gasteiger partial charge in [-0.05, 0) is 50.9 Å². The van der Waals surface area contributed by atoms with Crippen molar-refractivity contribution in [2.45, 2.75) is 52.1 Å². The largest absolute Gasteiger partial charge is 0.352 e. The molecule has 0 aliphatic heterocycles. The van der Waals surface area contributed by atoms with Gasteiger partial charge in [-0.15, -0.1) is 0 Å². The molecule has 1 amide bonds. The molecule has 0 spiro atoms. The number of aromatic nitrogens is 2. The number of carbonyl (C=O) groups is 1. The molecule has 3 rings (SSSR count). The number of amides is 1. The average molecular weight is 296 g/mol. The summed E-state index contributed by atoms with van der Waals surface area (Å²) >= 11 is 5.95. The summed E-state index contributed by atoms with van der Waals surface area (Å²) in [5.41, 5.74) is 0.842. The van der Waals surface area contributed by atoms with Crippen LogP contribution < -0.4 is 5.32 Å². The molecule has 4 atom stereocenters. The molecule has 0 saturated heterocycles. The van der Waals surface area contributed by atoms with Crippen molar-refractivity contribution in [1.82, 2.24) is 15.1 Å². The molecule has 2 bridgehead atoms. The van der Waals surface area contributed by atoms with Crippen molar-refractivity contribution in [3.8, 4) is 0 Å². The van der Waals surface area contributed by atoms with Gasteiger partial charge in [-0.3, -0.25) is 9.48 Å². The molecule has 5 heteroatoms. The van der Waals surface area contributed by atoms with Gasteiger partial charge in [-0.25, -0.2) is 0 Å². The van der Waals surface area contributed by atoms with Gasteiger partial charge in [0.25, 0.3) is 0 Å². The highest BCUT2D eigenvalue weighted by atomic mass is 35.5. The van der Waals surface area contributed by atoms with E-state index < -0.39 is 0 Å². The van der Waals surface area contributed by atoms with Crippen molar-refractivity contribution < 1.29 is 4.79 Å². The van der Waals surface area contributed by atoms with E-state index in [-0.39, 0.29) is 18.5 Å². The predicted molar refractivity (Wildman–Crippen MR) is 78.5 cm³/mol. The lowest BCUT2D eigenvalue weighted by molar-refractivity contribution is -0.123. The number of nitrogens with zero attached hydrogens (tertiary/aromatic N) is 2. The Balaban J connectivity index is 1.55. The van der Waals surface area contributed by atoms with Gasteiger partial charge in [0.1, 0.15) is 6.54 Å². The molecule has 20 heavy (non-hydrogen) atoms. The van der Waals surface area contributed by atoms with Crippen molar-refractivity contribution in [2.75, 3.05) is 0 Å². The molecular weight excluding hydrogens is 274 g/mol. The summed E-state index contributed by atoms with van der Waals surface area (Å²) in [5, 5.41) is 7.88. The topological polar surface area (TPSA) is 46.9 Å². The number of halogens is 1. The third kappa shape index (κ3) is 2.58. The standard InChI is InChI=1S/C15H22ClN3O/c1-9(13-6-11-3-4-12(13)5-11)18-15(20)8-19-10(2)14(16)7-17-19/h7,9,11-13H,3-6,8H2,1-2H3,(H,18,20). The molecule has 4 unspecified atom stereocenters. The molecule has 4 nitrogen and oxygen atoms in total. The highest BCUT2D eigenvalue weighted by Crippen LogP contribution is 2.49. The molecule has 1 aromatic rings. The summed E-state index contributed by atoms with van der Waals surface area (Å²) in [6.07, 6.45) is 7.00. The van der Waals surface area contributed by atoms with Gasteiger partial charge >= 0.3 is 0 Å². The van der Waals surface area contributed by atoms with Crippen molar-refractivity contribution in [1.29, 1.82) is 0 Å². The normalized spacial score (nSPS) is 29.6. The molecule has 1 aromatic heterocycles. The Morgan fingerprint density at radius 3 is 2.90 bits per heavy atom. The predicted octanol–water partition coefficient (Wildman–Crippen LogP) is 2.79. The first-order valence-corrected chi connectivity index (χ1v) is 7.89. The summed E-state index contributed by atoms with van der Waals surface area (Å²) in [5.74, 6) is 2.44. The highest BCUT2D eigenvalue weighted by Gasteiger charge is 2.42. The lowest BCUT2D eigenvalue weighted by Gasteiger charge is -2.28. The van der Waals surface area contributed by atoms with Crippen LogP contribution in [-0.4, -0.2) is 21.7 Å². The molecule has 0 aromatic carbocycles. The van der Waals surface area contributed by atoms with E-state index in [4.69, 9.17) is 11.6 Å². The fourth-order valence-corrected chi connectivity index (χ4v) is 4.17. The van der Waals surface area contributed by atoms with Crippen LogP contribution in [0.2, 0.25) is 5.02 Å². The lowest BCUT2D eigenvalue weighted by atomic mass is 9.84. The van der Waals surface area contributed by atoms with Crippen LogP contribution >= 0.6 is 11.6 Å². The van der Waals surface area contributed by atoms with Crippen LogP contribution in [0.3, 0.4) is 0 Å². The van der Waals surface area contributed by atoms with Crippen LogP contribution in [0, 0.1) is 24.7 Å². The fraction of sp³-hybridized carbons (Fsp3) is 0.733. The van der Waals surface area contributed by atoms with E-state index in [1.807, 2.05) is 6.92 Å². The van der Waals surface area contributed by atoms with Gasteiger partial charge in [-0.1, -0.05) is 18.0 Å². The van der Waals surface area contributed by atoms with Gasteiger partial charge in [0.15, 0.2) is 0 Å². The van der Waals surface area contributed by atoms with E-state index in [2.05, 4.69) is 17.3 Å². The number of rotatable bonds is 4. The van der Waals surface area contributed by atoms with E-state index in [0.717, 1.165) is 17.5 Å². The van der Waals surface area contributed by atoms with Gasteiger partial charge < -0.3 is 5.32 Å². The second-order valence-electron chi connectivity index (χ2n) is 6.43. The second kappa shape index (κ2) is 5.40. The highest BCUT2D eigenvalue weighted by molar-refractivity contribution is 6.31. The molecule has 1 N–H and O–H groups in total. The van der Waals surface area contributed by atoms with Crippen LogP contribution in [0.4, 0.5) is 0 Å². The minimum Gasteiger partial charge on any atom is -0.352 e. The van der Waals surface area contributed by atoms with Gasteiger partial charge in [0.2, 0.25) is 5.91 Å². The molecule has 0 radical (unpaired) electrons. The number of nitrogens with one attached hydrogen (secondary N) is 1. The minimum atomic E-state index is 0.0307. The zero-order valence-electron chi connectivity index (χ0n) is 12.1. The number of hydrogen-bond donors (Lipinski definition) is 1. The van der Waals surface area contributed by atoms with Crippen LogP contribution in [0.15, 0.2) is 6.20 Å². The zero-order valence-corrected chi connectivity index (χ0v) is 12.9. The number of carbonyl (C=O) groups excluding carboxylic acids is 1. The molecule has 2 aliphatic carbocycles. The van der Waals surface area contributed by atoms with E-state index in [1.54, 1.807) is 10.9 Å². The third-order valence-electron chi connectivity index (χ3n) is 5.16. The number of fused-ring (bicyclic) bond motifs is 2. The SMILES string of the molecule is Cc1c(Cl)cnn1CC(=O)NC(C)C1CC2CCC1C2. The van der Waals surface area contributed by atoms with Crippen molar-refractivity contribution in [2.24, 2.45) is 17.8 Å². The summed E-state index contributed by atoms with van der Waals surface area (Å²) in [6.45, 7) is 4.28. The molecule has 1 heterocycles. The fourth-order valence-electron chi connectivity index (χ4n) is 4.03. The summed E-state index contributed by atoms with van der Waals surface area (Å²) < 4.78 is 1.66. The van der Waals surface area contributed by atoms with E-state index in [1.165, 1.54) is 25.7 Å². The van der Waals surface area contributed by atoms with Crippen LogP contribution in [-0.2, 0) is 11.3 Å². The third-order valence-corrected chi connectivity index (χ3v) is 5.53. The Morgan fingerprint density at radius 2 is 2.35 bits per heavy atom. The van der Waals surface area contributed by atoms with Crippen molar-refractivity contribution >= 4 is 17.5 Å². The molecular formula is C15H22ClN3O.